The van der Waals surface area contributed by atoms with Crippen LogP contribution in [-0.2, 0) is 6.42 Å². The normalized spacial score (nSPS) is 13.5. The van der Waals surface area contributed by atoms with E-state index in [4.69, 9.17) is 0 Å². The summed E-state index contributed by atoms with van der Waals surface area (Å²) in [5.41, 5.74) is 4.72. The van der Waals surface area contributed by atoms with Gasteiger partial charge in [0.2, 0.25) is 0 Å². The molecule has 2 aromatic carbocycles. The van der Waals surface area contributed by atoms with Crippen molar-refractivity contribution < 1.29 is 10.2 Å². The van der Waals surface area contributed by atoms with E-state index in [1.54, 1.807) is 6.07 Å². The molecule has 21 heavy (non-hydrogen) atoms. The van der Waals surface area contributed by atoms with E-state index in [1.807, 2.05) is 36.5 Å². The van der Waals surface area contributed by atoms with Crippen LogP contribution in [0.15, 0.2) is 42.6 Å². The number of hydrogen-bond donors (Lipinski definition) is 3. The fourth-order valence-corrected chi connectivity index (χ4v) is 3.12. The molecule has 3 aromatic rings. The molecule has 0 atom stereocenters. The summed E-state index contributed by atoms with van der Waals surface area (Å²) in [5.74, 6) is -0.102. The summed E-state index contributed by atoms with van der Waals surface area (Å²) >= 11 is 0. The number of phenols is 2. The van der Waals surface area contributed by atoms with Crippen molar-refractivity contribution in [2.45, 2.75) is 12.8 Å². The molecule has 0 amide bonds. The van der Waals surface area contributed by atoms with Gasteiger partial charge in [0, 0.05) is 28.2 Å². The standard InChI is InChI=1S/C18H15NO2/c20-16-9-11-5-1-2-6-12(11)17(18(16)21)14-10-19-15-8-4-3-7-13(14)15/h2-4,6-10,19-21H,1,5H2. The van der Waals surface area contributed by atoms with Crippen molar-refractivity contribution in [3.05, 3.63) is 53.7 Å². The monoisotopic (exact) mass is 277 g/mol. The Morgan fingerprint density at radius 2 is 1.95 bits per heavy atom. The van der Waals surface area contributed by atoms with Crippen molar-refractivity contribution in [3.8, 4) is 22.6 Å². The van der Waals surface area contributed by atoms with E-state index in [0.29, 0.717) is 5.56 Å². The number of aromatic hydroxyl groups is 2. The maximum Gasteiger partial charge on any atom is 0.166 e. The van der Waals surface area contributed by atoms with E-state index in [-0.39, 0.29) is 11.5 Å². The molecule has 0 fully saturated rings. The summed E-state index contributed by atoms with van der Waals surface area (Å²) in [4.78, 5) is 3.22. The van der Waals surface area contributed by atoms with Crippen LogP contribution in [0.1, 0.15) is 17.5 Å². The van der Waals surface area contributed by atoms with Crippen LogP contribution in [0.5, 0.6) is 11.5 Å². The first-order valence-corrected chi connectivity index (χ1v) is 7.06. The van der Waals surface area contributed by atoms with E-state index < -0.39 is 0 Å². The third-order valence-electron chi connectivity index (χ3n) is 4.13. The van der Waals surface area contributed by atoms with Gasteiger partial charge in [-0.1, -0.05) is 30.4 Å². The SMILES string of the molecule is Oc1cc2c(c(-c3c[nH]c4ccccc34)c1O)C=CCC2. The minimum atomic E-state index is -0.0515. The molecule has 0 aliphatic heterocycles. The molecule has 1 heterocycles. The van der Waals surface area contributed by atoms with Crippen LogP contribution >= 0.6 is 0 Å². The Morgan fingerprint density at radius 1 is 1.10 bits per heavy atom. The highest BCUT2D eigenvalue weighted by atomic mass is 16.3. The predicted octanol–water partition coefficient (Wildman–Crippen LogP) is 4.21. The van der Waals surface area contributed by atoms with Crippen LogP contribution < -0.4 is 0 Å². The number of hydrogen-bond acceptors (Lipinski definition) is 2. The highest BCUT2D eigenvalue weighted by Crippen LogP contribution is 2.45. The van der Waals surface area contributed by atoms with Gasteiger partial charge in [0.1, 0.15) is 0 Å². The molecule has 1 aromatic heterocycles. The maximum atomic E-state index is 10.4. The number of aromatic amines is 1. The first kappa shape index (κ1) is 12.1. The molecule has 0 saturated carbocycles. The Balaban J connectivity index is 2.09. The molecule has 0 saturated heterocycles. The summed E-state index contributed by atoms with van der Waals surface area (Å²) in [6, 6.07) is 9.64. The predicted molar refractivity (Wildman–Crippen MR) is 84.4 cm³/mol. The lowest BCUT2D eigenvalue weighted by Crippen LogP contribution is -1.97. The molecule has 3 nitrogen and oxygen atoms in total. The van der Waals surface area contributed by atoms with Gasteiger partial charge in [0.15, 0.2) is 11.5 Å². The van der Waals surface area contributed by atoms with Crippen molar-refractivity contribution in [3.63, 3.8) is 0 Å². The van der Waals surface area contributed by atoms with Gasteiger partial charge < -0.3 is 15.2 Å². The Morgan fingerprint density at radius 3 is 2.86 bits per heavy atom. The summed E-state index contributed by atoms with van der Waals surface area (Å²) < 4.78 is 0. The summed E-state index contributed by atoms with van der Waals surface area (Å²) in [5, 5.41) is 21.5. The van der Waals surface area contributed by atoms with Crippen molar-refractivity contribution >= 4 is 17.0 Å². The second-order valence-corrected chi connectivity index (χ2v) is 5.38. The second-order valence-electron chi connectivity index (χ2n) is 5.38. The lowest BCUT2D eigenvalue weighted by molar-refractivity contribution is 0.404. The van der Waals surface area contributed by atoms with Gasteiger partial charge >= 0.3 is 0 Å². The number of phenolic OH excluding ortho intramolecular Hbond substituents is 2. The number of aromatic nitrogens is 1. The highest BCUT2D eigenvalue weighted by molar-refractivity contribution is 6.00. The zero-order valence-electron chi connectivity index (χ0n) is 11.4. The van der Waals surface area contributed by atoms with E-state index in [0.717, 1.165) is 40.4 Å². The summed E-state index contributed by atoms with van der Waals surface area (Å²) in [6.07, 6.45) is 7.88. The first-order valence-electron chi connectivity index (χ1n) is 7.06. The van der Waals surface area contributed by atoms with Crippen molar-refractivity contribution in [1.82, 2.24) is 4.98 Å². The molecular formula is C18H15NO2. The molecule has 1 aliphatic carbocycles. The summed E-state index contributed by atoms with van der Waals surface area (Å²) in [7, 11) is 0. The topological polar surface area (TPSA) is 56.2 Å². The van der Waals surface area contributed by atoms with Crippen molar-refractivity contribution in [2.24, 2.45) is 0 Å². The van der Waals surface area contributed by atoms with E-state index >= 15 is 0 Å². The number of para-hydroxylation sites is 1. The number of benzene rings is 2. The van der Waals surface area contributed by atoms with Gasteiger partial charge in [-0.25, -0.2) is 0 Å². The van der Waals surface area contributed by atoms with Crippen LogP contribution in [0.3, 0.4) is 0 Å². The summed E-state index contributed by atoms with van der Waals surface area (Å²) in [6.45, 7) is 0. The van der Waals surface area contributed by atoms with E-state index in [1.165, 1.54) is 0 Å². The number of allylic oxidation sites excluding steroid dienone is 1. The van der Waals surface area contributed by atoms with Crippen molar-refractivity contribution in [2.75, 3.05) is 0 Å². The van der Waals surface area contributed by atoms with Gasteiger partial charge in [-0.3, -0.25) is 0 Å². The lowest BCUT2D eigenvalue weighted by Gasteiger charge is -2.17. The quantitative estimate of drug-likeness (QED) is 0.584. The van der Waals surface area contributed by atoms with Gasteiger partial charge in [0.25, 0.3) is 0 Å². The van der Waals surface area contributed by atoms with Crippen LogP contribution in [0.2, 0.25) is 0 Å². The fourth-order valence-electron chi connectivity index (χ4n) is 3.12. The molecule has 4 rings (SSSR count). The van der Waals surface area contributed by atoms with E-state index in [9.17, 15) is 10.2 Å². The molecule has 0 radical (unpaired) electrons. The van der Waals surface area contributed by atoms with Crippen LogP contribution in [-0.4, -0.2) is 15.2 Å². The third kappa shape index (κ3) is 1.74. The molecule has 1 aliphatic rings. The Labute approximate surface area is 122 Å². The van der Waals surface area contributed by atoms with Gasteiger partial charge in [-0.05, 0) is 36.1 Å². The average Bonchev–Trinajstić information content (AvgIpc) is 2.92. The Hall–Kier alpha value is -2.68. The van der Waals surface area contributed by atoms with E-state index in [2.05, 4.69) is 11.1 Å². The second kappa shape index (κ2) is 4.42. The van der Waals surface area contributed by atoms with Crippen LogP contribution in [0.25, 0.3) is 28.1 Å². The zero-order valence-corrected chi connectivity index (χ0v) is 11.4. The molecule has 104 valence electrons. The number of aryl methyl sites for hydroxylation is 1. The highest BCUT2D eigenvalue weighted by Gasteiger charge is 2.20. The number of H-pyrrole nitrogens is 1. The van der Waals surface area contributed by atoms with Gasteiger partial charge in [0.05, 0.1) is 0 Å². The molecule has 0 bridgehead atoms. The van der Waals surface area contributed by atoms with Crippen molar-refractivity contribution in [1.29, 1.82) is 0 Å². The Bertz CT molecular complexity index is 874. The Kier molecular flexibility index (Phi) is 2.54. The molecule has 3 N–H and O–H groups in total. The minimum Gasteiger partial charge on any atom is -0.504 e. The first-order chi connectivity index (χ1) is 10.3. The number of nitrogens with one attached hydrogen (secondary N) is 1. The largest absolute Gasteiger partial charge is 0.504 e. The molecule has 0 spiro atoms. The molecule has 3 heteroatoms. The third-order valence-corrected chi connectivity index (χ3v) is 4.13. The average molecular weight is 277 g/mol. The minimum absolute atomic E-state index is 0.0509. The lowest BCUT2D eigenvalue weighted by atomic mass is 9.88. The van der Waals surface area contributed by atoms with Gasteiger partial charge in [-0.2, -0.15) is 0 Å². The number of fused-ring (bicyclic) bond motifs is 2. The van der Waals surface area contributed by atoms with Crippen LogP contribution in [0.4, 0.5) is 0 Å². The smallest absolute Gasteiger partial charge is 0.166 e. The molecule has 0 unspecified atom stereocenters. The maximum absolute atomic E-state index is 10.4. The zero-order chi connectivity index (χ0) is 14.4. The number of rotatable bonds is 1. The fraction of sp³-hybridized carbons (Fsp3) is 0.111. The van der Waals surface area contributed by atoms with Crippen LogP contribution in [0, 0.1) is 0 Å². The van der Waals surface area contributed by atoms with Gasteiger partial charge in [-0.15, -0.1) is 0 Å². The molecular weight excluding hydrogens is 262 g/mol.